The highest BCUT2D eigenvalue weighted by molar-refractivity contribution is 6.21. The molecule has 36 heavy (non-hydrogen) atoms. The van der Waals surface area contributed by atoms with Crippen LogP contribution in [-0.2, 0) is 17.8 Å². The first-order chi connectivity index (χ1) is 17.2. The second-order valence-electron chi connectivity index (χ2n) is 9.58. The van der Waals surface area contributed by atoms with E-state index in [1.165, 1.54) is 0 Å². The molecule has 1 aliphatic rings. The molecule has 7 heteroatoms. The van der Waals surface area contributed by atoms with Gasteiger partial charge in [0.1, 0.15) is 0 Å². The molecule has 0 saturated carbocycles. The highest BCUT2D eigenvalue weighted by atomic mass is 19.3. The number of nitrogen functional groups attached to an aromatic ring is 1. The van der Waals surface area contributed by atoms with E-state index in [0.29, 0.717) is 49.3 Å². The van der Waals surface area contributed by atoms with Gasteiger partial charge in [0, 0.05) is 85.6 Å². The Balaban J connectivity index is 1.41. The Bertz CT molecular complexity index is 1230. The fourth-order valence-electron chi connectivity index (χ4n) is 4.43. The summed E-state index contributed by atoms with van der Waals surface area (Å²) >= 11 is 0. The smallest absolute Gasteiger partial charge is 0.250 e. The number of carbonyl (C=O) groups is 1. The summed E-state index contributed by atoms with van der Waals surface area (Å²) in [6.07, 6.45) is 7.00. The molecule has 0 radical (unpaired) electrons. The summed E-state index contributed by atoms with van der Waals surface area (Å²) in [6, 6.07) is 11.6. The third-order valence-corrected chi connectivity index (χ3v) is 6.68. The number of likely N-dealkylation sites (tertiary alicyclic amines) is 1. The number of ketones is 1. The monoisotopic (exact) mass is 490 g/mol. The third-order valence-electron chi connectivity index (χ3n) is 6.68. The molecule has 0 atom stereocenters. The van der Waals surface area contributed by atoms with Gasteiger partial charge in [0.2, 0.25) is 0 Å². The van der Waals surface area contributed by atoms with Gasteiger partial charge in [-0.15, -0.1) is 0 Å². The van der Waals surface area contributed by atoms with Crippen molar-refractivity contribution in [3.05, 3.63) is 84.0 Å². The molecule has 0 unspecified atom stereocenters. The number of nitrogens with zero attached hydrogens (tertiary/aromatic N) is 3. The molecular formula is C29H32F2N4O. The number of anilines is 1. The van der Waals surface area contributed by atoms with Crippen LogP contribution < -0.4 is 5.73 Å². The molecule has 3 heterocycles. The lowest BCUT2D eigenvalue weighted by atomic mass is 9.94. The summed E-state index contributed by atoms with van der Waals surface area (Å²) in [5.74, 6) is -2.60. The average Bonchev–Trinajstić information content (AvgIpc) is 2.86. The number of piperidine rings is 1. The zero-order chi connectivity index (χ0) is 25.7. The standard InChI is InChI=1S/C29H32F2N4O/c1-20-6-7-22(17-34-20)4-3-5-28(36)21(2)26-15-24(8-9-27(26)32)25-14-23(16-33-18-25)19-35-12-10-29(30,31)11-13-35/h6-9,14-18H,2-5,10-13,19,32H2,1H3. The minimum Gasteiger partial charge on any atom is -0.398 e. The van der Waals surface area contributed by atoms with Crippen LogP contribution in [-0.4, -0.2) is 39.7 Å². The normalized spacial score (nSPS) is 15.5. The van der Waals surface area contributed by atoms with Crippen molar-refractivity contribution < 1.29 is 13.6 Å². The van der Waals surface area contributed by atoms with E-state index in [0.717, 1.165) is 34.4 Å². The molecule has 3 aromatic rings. The summed E-state index contributed by atoms with van der Waals surface area (Å²) in [5, 5.41) is 0. The van der Waals surface area contributed by atoms with Crippen LogP contribution in [0.15, 0.2) is 61.6 Å². The van der Waals surface area contributed by atoms with Gasteiger partial charge in [-0.3, -0.25) is 19.7 Å². The predicted octanol–water partition coefficient (Wildman–Crippen LogP) is 5.87. The van der Waals surface area contributed by atoms with Crippen molar-refractivity contribution in [3.8, 4) is 11.1 Å². The van der Waals surface area contributed by atoms with Crippen LogP contribution in [0.2, 0.25) is 0 Å². The van der Waals surface area contributed by atoms with Crippen LogP contribution in [0.25, 0.3) is 16.7 Å². The van der Waals surface area contributed by atoms with E-state index in [4.69, 9.17) is 5.73 Å². The van der Waals surface area contributed by atoms with Crippen molar-refractivity contribution in [2.24, 2.45) is 0 Å². The van der Waals surface area contributed by atoms with Crippen molar-refractivity contribution in [2.45, 2.75) is 51.5 Å². The molecule has 1 aliphatic heterocycles. The Morgan fingerprint density at radius 1 is 1.06 bits per heavy atom. The Morgan fingerprint density at radius 2 is 1.83 bits per heavy atom. The Kier molecular flexibility index (Phi) is 7.89. The van der Waals surface area contributed by atoms with Gasteiger partial charge in [0.25, 0.3) is 5.92 Å². The number of hydrogen-bond acceptors (Lipinski definition) is 5. The largest absolute Gasteiger partial charge is 0.398 e. The molecule has 0 spiro atoms. The first-order valence-corrected chi connectivity index (χ1v) is 12.3. The summed E-state index contributed by atoms with van der Waals surface area (Å²) in [4.78, 5) is 23.6. The van der Waals surface area contributed by atoms with Gasteiger partial charge >= 0.3 is 0 Å². The third kappa shape index (κ3) is 6.61. The van der Waals surface area contributed by atoms with Crippen LogP contribution in [0.1, 0.15) is 48.1 Å². The minimum absolute atomic E-state index is 0.0345. The van der Waals surface area contributed by atoms with Gasteiger partial charge in [0.05, 0.1) is 0 Å². The lowest BCUT2D eigenvalue weighted by Gasteiger charge is -2.31. The first-order valence-electron chi connectivity index (χ1n) is 12.3. The second kappa shape index (κ2) is 11.1. The quantitative estimate of drug-likeness (QED) is 0.300. The highest BCUT2D eigenvalue weighted by Gasteiger charge is 2.33. The molecule has 1 aromatic carbocycles. The molecule has 0 bridgehead atoms. The SMILES string of the molecule is C=C(C(=O)CCCc1ccc(C)nc1)c1cc(-c2cncc(CN3CCC(F)(F)CC3)c2)ccc1N. The van der Waals surface area contributed by atoms with Crippen molar-refractivity contribution in [3.63, 3.8) is 0 Å². The lowest BCUT2D eigenvalue weighted by molar-refractivity contribution is -0.113. The van der Waals surface area contributed by atoms with Gasteiger partial charge in [-0.2, -0.15) is 0 Å². The van der Waals surface area contributed by atoms with E-state index in [2.05, 4.69) is 16.5 Å². The Hall–Kier alpha value is -3.45. The molecule has 1 saturated heterocycles. The maximum Gasteiger partial charge on any atom is 0.250 e. The molecule has 0 aliphatic carbocycles. The molecule has 188 valence electrons. The van der Waals surface area contributed by atoms with Crippen molar-refractivity contribution in [1.29, 1.82) is 0 Å². The molecule has 1 fully saturated rings. The number of benzene rings is 1. The summed E-state index contributed by atoms with van der Waals surface area (Å²) in [6.45, 7) is 7.29. The molecule has 4 rings (SSSR count). The van der Waals surface area contributed by atoms with Crippen LogP contribution in [0.5, 0.6) is 0 Å². The number of alkyl halides is 2. The highest BCUT2D eigenvalue weighted by Crippen LogP contribution is 2.31. The molecular weight excluding hydrogens is 458 g/mol. The minimum atomic E-state index is -2.56. The molecule has 2 aromatic heterocycles. The number of nitrogens with two attached hydrogens (primary N) is 1. The number of Topliss-reactive ketones (excluding diaryl/α,β-unsaturated/α-hetero) is 1. The van der Waals surface area contributed by atoms with Crippen molar-refractivity contribution >= 4 is 17.0 Å². The predicted molar refractivity (Wildman–Crippen MR) is 139 cm³/mol. The number of pyridine rings is 2. The van der Waals surface area contributed by atoms with Gasteiger partial charge in [-0.1, -0.05) is 18.7 Å². The number of hydrogen-bond donors (Lipinski definition) is 1. The first kappa shape index (κ1) is 25.6. The van der Waals surface area contributed by atoms with Crippen LogP contribution in [0, 0.1) is 6.92 Å². The van der Waals surface area contributed by atoms with E-state index in [9.17, 15) is 13.6 Å². The van der Waals surface area contributed by atoms with E-state index < -0.39 is 5.92 Å². The topological polar surface area (TPSA) is 72.1 Å². The van der Waals surface area contributed by atoms with Crippen LogP contribution in [0.3, 0.4) is 0 Å². The van der Waals surface area contributed by atoms with Crippen LogP contribution >= 0.6 is 0 Å². The number of allylic oxidation sites excluding steroid dienone is 1. The Morgan fingerprint density at radius 3 is 2.56 bits per heavy atom. The van der Waals surface area contributed by atoms with Gasteiger partial charge < -0.3 is 5.73 Å². The summed E-state index contributed by atoms with van der Waals surface area (Å²) in [5.41, 5.74) is 12.5. The van der Waals surface area contributed by atoms with Crippen molar-refractivity contribution in [1.82, 2.24) is 14.9 Å². The number of aryl methyl sites for hydroxylation is 2. The zero-order valence-corrected chi connectivity index (χ0v) is 20.6. The van der Waals surface area contributed by atoms with Crippen LogP contribution in [0.4, 0.5) is 14.5 Å². The van der Waals surface area contributed by atoms with Gasteiger partial charge in [-0.25, -0.2) is 8.78 Å². The maximum atomic E-state index is 13.5. The van der Waals surface area contributed by atoms with Gasteiger partial charge in [0.15, 0.2) is 5.78 Å². The number of carbonyl (C=O) groups excluding carboxylic acids is 1. The molecule has 2 N–H and O–H groups in total. The fourth-order valence-corrected chi connectivity index (χ4v) is 4.43. The number of aromatic nitrogens is 2. The van der Waals surface area contributed by atoms with Gasteiger partial charge in [-0.05, 0) is 60.7 Å². The molecule has 0 amide bonds. The number of halogens is 2. The van der Waals surface area contributed by atoms with E-state index >= 15 is 0 Å². The fraction of sp³-hybridized carbons (Fsp3) is 0.345. The summed E-state index contributed by atoms with van der Waals surface area (Å²) in [7, 11) is 0. The average molecular weight is 491 g/mol. The summed E-state index contributed by atoms with van der Waals surface area (Å²) < 4.78 is 26.9. The Labute approximate surface area is 211 Å². The number of rotatable bonds is 9. The van der Waals surface area contributed by atoms with Crippen molar-refractivity contribution in [2.75, 3.05) is 18.8 Å². The van der Waals surface area contributed by atoms with E-state index in [1.807, 2.05) is 48.4 Å². The zero-order valence-electron chi connectivity index (χ0n) is 20.6. The molecule has 5 nitrogen and oxygen atoms in total. The lowest BCUT2D eigenvalue weighted by Crippen LogP contribution is -2.38. The second-order valence-corrected chi connectivity index (χ2v) is 9.58. The van der Waals surface area contributed by atoms with E-state index in [-0.39, 0.29) is 18.6 Å². The van der Waals surface area contributed by atoms with E-state index in [1.54, 1.807) is 18.5 Å². The maximum absolute atomic E-state index is 13.5.